The summed E-state index contributed by atoms with van der Waals surface area (Å²) in [4.78, 5) is 9.01. The van der Waals surface area contributed by atoms with Crippen LogP contribution in [-0.2, 0) is 6.42 Å². The van der Waals surface area contributed by atoms with Gasteiger partial charge in [-0.1, -0.05) is 24.6 Å². The Morgan fingerprint density at radius 2 is 2.00 bits per heavy atom. The summed E-state index contributed by atoms with van der Waals surface area (Å²) in [5.41, 5.74) is 1.90. The topological polar surface area (TPSA) is 47.0 Å². The first-order valence-corrected chi connectivity index (χ1v) is 7.42. The van der Waals surface area contributed by atoms with E-state index < -0.39 is 0 Å². The second-order valence-electron chi connectivity index (χ2n) is 4.93. The first kappa shape index (κ1) is 15.6. The second kappa shape index (κ2) is 6.76. The Balaban J connectivity index is 2.42. The highest BCUT2D eigenvalue weighted by Gasteiger charge is 2.13. The normalized spacial score (nSPS) is 10.5. The molecule has 0 spiro atoms. The monoisotopic (exact) mass is 305 g/mol. The van der Waals surface area contributed by atoms with Gasteiger partial charge in [0.05, 0.1) is 5.56 Å². The summed E-state index contributed by atoms with van der Waals surface area (Å²) >= 11 is 6.04. The molecule has 5 heteroatoms. The number of nitrogens with zero attached hydrogens (tertiary/aromatic N) is 2. The van der Waals surface area contributed by atoms with Gasteiger partial charge >= 0.3 is 0 Å². The molecule has 0 aliphatic rings. The zero-order valence-electron chi connectivity index (χ0n) is 12.8. The molecule has 0 radical (unpaired) electrons. The third kappa shape index (κ3) is 3.64. The van der Waals surface area contributed by atoms with E-state index in [4.69, 9.17) is 16.3 Å². The number of benzene rings is 1. The van der Waals surface area contributed by atoms with Crippen LogP contribution in [0.1, 0.15) is 30.3 Å². The Hall–Kier alpha value is -1.81. The van der Waals surface area contributed by atoms with E-state index in [9.17, 15) is 0 Å². The van der Waals surface area contributed by atoms with E-state index >= 15 is 0 Å². The van der Waals surface area contributed by atoms with Crippen LogP contribution in [-0.4, -0.2) is 17.0 Å². The lowest BCUT2D eigenvalue weighted by Gasteiger charge is -2.14. The quantitative estimate of drug-likeness (QED) is 0.881. The van der Waals surface area contributed by atoms with Crippen LogP contribution in [0.5, 0.6) is 11.6 Å². The molecule has 1 N–H and O–H groups in total. The number of rotatable bonds is 5. The lowest BCUT2D eigenvalue weighted by molar-refractivity contribution is 0.451. The van der Waals surface area contributed by atoms with Crippen molar-refractivity contribution in [2.45, 2.75) is 33.6 Å². The lowest BCUT2D eigenvalue weighted by Crippen LogP contribution is -2.05. The average molecular weight is 306 g/mol. The zero-order chi connectivity index (χ0) is 15.4. The highest BCUT2D eigenvalue weighted by atomic mass is 35.5. The van der Waals surface area contributed by atoms with Crippen LogP contribution in [0.15, 0.2) is 18.2 Å². The highest BCUT2D eigenvalue weighted by molar-refractivity contribution is 6.30. The van der Waals surface area contributed by atoms with Gasteiger partial charge in [0.15, 0.2) is 0 Å². The van der Waals surface area contributed by atoms with Crippen LogP contribution < -0.4 is 10.1 Å². The van der Waals surface area contributed by atoms with Crippen molar-refractivity contribution in [1.82, 2.24) is 9.97 Å². The van der Waals surface area contributed by atoms with Gasteiger partial charge in [-0.25, -0.2) is 4.98 Å². The van der Waals surface area contributed by atoms with Crippen LogP contribution >= 0.6 is 11.6 Å². The third-order valence-electron chi connectivity index (χ3n) is 3.21. The Kier molecular flexibility index (Phi) is 5.02. The van der Waals surface area contributed by atoms with Gasteiger partial charge in [0.2, 0.25) is 5.88 Å². The number of nitrogens with one attached hydrogen (secondary N) is 1. The first-order chi connectivity index (χ1) is 10.0. The summed E-state index contributed by atoms with van der Waals surface area (Å²) < 4.78 is 5.97. The number of anilines is 1. The molecule has 0 amide bonds. The third-order valence-corrected chi connectivity index (χ3v) is 3.45. The number of halogens is 1. The standard InChI is InChI=1S/C16H20ClN3O/c1-5-6-14-19-15(18-4)11(3)16(20-14)21-13-9-12(17)8-7-10(13)2/h7-9H,5-6H2,1-4H3,(H,18,19,20). The number of aromatic nitrogens is 2. The van der Waals surface area contributed by atoms with Gasteiger partial charge in [-0.3, -0.25) is 0 Å². The molecule has 0 saturated carbocycles. The van der Waals surface area contributed by atoms with Crippen molar-refractivity contribution >= 4 is 17.4 Å². The number of ether oxygens (including phenoxy) is 1. The maximum atomic E-state index is 6.04. The van der Waals surface area contributed by atoms with Crippen LogP contribution in [0.4, 0.5) is 5.82 Å². The van der Waals surface area contributed by atoms with Gasteiger partial charge in [-0.15, -0.1) is 0 Å². The number of aryl methyl sites for hydroxylation is 2. The van der Waals surface area contributed by atoms with Gasteiger partial charge in [-0.2, -0.15) is 4.98 Å². The molecule has 1 aromatic heterocycles. The number of hydrogen-bond acceptors (Lipinski definition) is 4. The van der Waals surface area contributed by atoms with E-state index in [2.05, 4.69) is 22.2 Å². The molecule has 0 unspecified atom stereocenters. The second-order valence-corrected chi connectivity index (χ2v) is 5.37. The van der Waals surface area contributed by atoms with Crippen LogP contribution in [0.25, 0.3) is 0 Å². The van der Waals surface area contributed by atoms with E-state index in [1.807, 2.05) is 33.0 Å². The highest BCUT2D eigenvalue weighted by Crippen LogP contribution is 2.30. The fraction of sp³-hybridized carbons (Fsp3) is 0.375. The first-order valence-electron chi connectivity index (χ1n) is 7.04. The summed E-state index contributed by atoms with van der Waals surface area (Å²) in [6, 6.07) is 5.58. The van der Waals surface area contributed by atoms with E-state index in [0.717, 1.165) is 35.6 Å². The molecule has 1 heterocycles. The lowest BCUT2D eigenvalue weighted by atomic mass is 10.2. The Bertz CT molecular complexity index is 644. The van der Waals surface area contributed by atoms with Crippen LogP contribution in [0.3, 0.4) is 0 Å². The average Bonchev–Trinajstić information content (AvgIpc) is 2.46. The SMILES string of the molecule is CCCc1nc(NC)c(C)c(Oc2cc(Cl)ccc2C)n1. The van der Waals surface area contributed by atoms with Crippen molar-refractivity contribution < 1.29 is 4.74 Å². The van der Waals surface area contributed by atoms with Crippen molar-refractivity contribution in [1.29, 1.82) is 0 Å². The molecule has 0 aliphatic carbocycles. The maximum absolute atomic E-state index is 6.04. The van der Waals surface area contributed by atoms with Gasteiger partial charge in [0, 0.05) is 18.5 Å². The molecule has 0 bridgehead atoms. The molecule has 1 aromatic carbocycles. The smallest absolute Gasteiger partial charge is 0.227 e. The number of hydrogen-bond donors (Lipinski definition) is 1. The fourth-order valence-corrected chi connectivity index (χ4v) is 2.17. The predicted octanol–water partition coefficient (Wildman–Crippen LogP) is 4.53. The molecular formula is C16H20ClN3O. The van der Waals surface area contributed by atoms with E-state index in [1.54, 1.807) is 6.07 Å². The van der Waals surface area contributed by atoms with Crippen LogP contribution in [0.2, 0.25) is 5.02 Å². The molecule has 2 aromatic rings. The molecule has 0 atom stereocenters. The van der Waals surface area contributed by atoms with E-state index in [0.29, 0.717) is 16.7 Å². The molecule has 112 valence electrons. The maximum Gasteiger partial charge on any atom is 0.227 e. The molecule has 0 fully saturated rings. The van der Waals surface area contributed by atoms with E-state index in [-0.39, 0.29) is 0 Å². The van der Waals surface area contributed by atoms with Gasteiger partial charge in [0.1, 0.15) is 17.4 Å². The fourth-order valence-electron chi connectivity index (χ4n) is 2.01. The minimum atomic E-state index is 0.572. The molecule has 2 rings (SSSR count). The van der Waals surface area contributed by atoms with Crippen molar-refractivity contribution in [3.05, 3.63) is 40.2 Å². The van der Waals surface area contributed by atoms with Gasteiger partial charge < -0.3 is 10.1 Å². The molecule has 0 saturated heterocycles. The summed E-state index contributed by atoms with van der Waals surface area (Å²) in [6.45, 7) is 6.02. The summed E-state index contributed by atoms with van der Waals surface area (Å²) in [7, 11) is 1.85. The largest absolute Gasteiger partial charge is 0.438 e. The van der Waals surface area contributed by atoms with Crippen molar-refractivity contribution in [2.24, 2.45) is 0 Å². The summed E-state index contributed by atoms with van der Waals surface area (Å²) in [5, 5.41) is 3.73. The molecular weight excluding hydrogens is 286 g/mol. The molecule has 4 nitrogen and oxygen atoms in total. The molecule has 21 heavy (non-hydrogen) atoms. The Labute approximate surface area is 130 Å². The Morgan fingerprint density at radius 1 is 1.24 bits per heavy atom. The van der Waals surface area contributed by atoms with Crippen LogP contribution in [0, 0.1) is 13.8 Å². The Morgan fingerprint density at radius 3 is 2.67 bits per heavy atom. The minimum absolute atomic E-state index is 0.572. The van der Waals surface area contributed by atoms with E-state index in [1.165, 1.54) is 0 Å². The summed E-state index contributed by atoms with van der Waals surface area (Å²) in [5.74, 6) is 2.86. The predicted molar refractivity (Wildman–Crippen MR) is 86.6 cm³/mol. The van der Waals surface area contributed by atoms with Crippen molar-refractivity contribution in [2.75, 3.05) is 12.4 Å². The minimum Gasteiger partial charge on any atom is -0.438 e. The van der Waals surface area contributed by atoms with Crippen molar-refractivity contribution in [3.8, 4) is 11.6 Å². The zero-order valence-corrected chi connectivity index (χ0v) is 13.6. The van der Waals surface area contributed by atoms with Gasteiger partial charge in [-0.05, 0) is 38.0 Å². The summed E-state index contributed by atoms with van der Waals surface area (Å²) in [6.07, 6.45) is 1.81. The van der Waals surface area contributed by atoms with Gasteiger partial charge in [0.25, 0.3) is 0 Å². The molecule has 0 aliphatic heterocycles. The van der Waals surface area contributed by atoms with Crippen molar-refractivity contribution in [3.63, 3.8) is 0 Å².